The van der Waals surface area contributed by atoms with Crippen LogP contribution < -0.4 is 10.5 Å². The normalized spacial score (nSPS) is 10.1. The van der Waals surface area contributed by atoms with Gasteiger partial charge in [0.25, 0.3) is 5.91 Å². The maximum absolute atomic E-state index is 11.3. The molecule has 0 aliphatic heterocycles. The Hall–Kier alpha value is -2.49. The number of carbonyl (C=O) groups is 1. The highest BCUT2D eigenvalue weighted by Gasteiger charge is 2.12. The summed E-state index contributed by atoms with van der Waals surface area (Å²) in [7, 11) is 1.47. The van der Waals surface area contributed by atoms with Crippen molar-refractivity contribution >= 4 is 5.91 Å². The molecule has 1 amide bonds. The van der Waals surface area contributed by atoms with Crippen LogP contribution in [-0.2, 0) is 0 Å². The summed E-state index contributed by atoms with van der Waals surface area (Å²) in [6, 6.07) is 11.9. The first-order valence-corrected chi connectivity index (χ1v) is 5.39. The Balaban J connectivity index is 2.57. The third-order valence-corrected chi connectivity index (χ3v) is 2.68. The van der Waals surface area contributed by atoms with Crippen molar-refractivity contribution in [3.63, 3.8) is 0 Å². The summed E-state index contributed by atoms with van der Waals surface area (Å²) in [6.45, 7) is 0. The van der Waals surface area contributed by atoms with Gasteiger partial charge in [-0.3, -0.25) is 4.79 Å². The average molecular weight is 243 g/mol. The van der Waals surface area contributed by atoms with Gasteiger partial charge in [-0.25, -0.2) is 0 Å². The lowest BCUT2D eigenvalue weighted by Crippen LogP contribution is -2.12. The number of hydrogen-bond donors (Lipinski definition) is 2. The molecule has 0 heterocycles. The number of benzene rings is 2. The predicted octanol–water partition coefficient (Wildman–Crippen LogP) is 2.17. The topological polar surface area (TPSA) is 72.6 Å². The van der Waals surface area contributed by atoms with E-state index in [2.05, 4.69) is 0 Å². The molecule has 0 radical (unpaired) electrons. The van der Waals surface area contributed by atoms with Crippen molar-refractivity contribution in [2.24, 2.45) is 5.73 Å². The fourth-order valence-electron chi connectivity index (χ4n) is 1.79. The Morgan fingerprint density at radius 1 is 1.22 bits per heavy atom. The molecule has 4 nitrogen and oxygen atoms in total. The molecule has 0 aliphatic rings. The molecule has 0 unspecified atom stereocenters. The summed E-state index contributed by atoms with van der Waals surface area (Å²) in [6.07, 6.45) is 0. The Labute approximate surface area is 105 Å². The van der Waals surface area contributed by atoms with Crippen molar-refractivity contribution in [1.29, 1.82) is 0 Å². The number of phenolic OH excluding ortho intramolecular Hbond substituents is 1. The van der Waals surface area contributed by atoms with Crippen LogP contribution in [-0.4, -0.2) is 18.1 Å². The summed E-state index contributed by atoms with van der Waals surface area (Å²) in [5, 5.41) is 9.77. The van der Waals surface area contributed by atoms with E-state index in [0.717, 1.165) is 0 Å². The Bertz CT molecular complexity index is 593. The number of primary amides is 1. The zero-order valence-electron chi connectivity index (χ0n) is 9.88. The monoisotopic (exact) mass is 243 g/mol. The fourth-order valence-corrected chi connectivity index (χ4v) is 1.79. The van der Waals surface area contributed by atoms with Gasteiger partial charge in [-0.15, -0.1) is 0 Å². The van der Waals surface area contributed by atoms with Gasteiger partial charge in [0, 0.05) is 5.56 Å². The highest BCUT2D eigenvalue weighted by molar-refractivity contribution is 5.97. The van der Waals surface area contributed by atoms with Gasteiger partial charge >= 0.3 is 0 Å². The Morgan fingerprint density at radius 2 is 1.94 bits per heavy atom. The first-order chi connectivity index (χ1) is 8.63. The van der Waals surface area contributed by atoms with Gasteiger partial charge in [0.1, 0.15) is 11.5 Å². The molecule has 0 atom stereocenters. The second kappa shape index (κ2) is 4.79. The van der Waals surface area contributed by atoms with Crippen LogP contribution in [0.1, 0.15) is 10.4 Å². The third kappa shape index (κ3) is 2.13. The molecular weight excluding hydrogens is 230 g/mol. The number of carbonyl (C=O) groups excluding carboxylic acids is 1. The number of phenols is 1. The van der Waals surface area contributed by atoms with E-state index in [9.17, 15) is 9.90 Å². The van der Waals surface area contributed by atoms with Gasteiger partial charge in [0.15, 0.2) is 0 Å². The molecule has 2 aromatic rings. The minimum atomic E-state index is -0.566. The lowest BCUT2D eigenvalue weighted by molar-refractivity contribution is 0.0997. The largest absolute Gasteiger partial charge is 0.507 e. The second-order valence-electron chi connectivity index (χ2n) is 3.80. The zero-order valence-corrected chi connectivity index (χ0v) is 9.88. The number of methoxy groups -OCH3 is 1. The fraction of sp³-hybridized carbons (Fsp3) is 0.0714. The van der Waals surface area contributed by atoms with Crippen LogP contribution in [0.5, 0.6) is 11.5 Å². The molecule has 0 fully saturated rings. The average Bonchev–Trinajstić information content (AvgIpc) is 2.38. The molecule has 4 heteroatoms. The van der Waals surface area contributed by atoms with Crippen LogP contribution in [0, 0.1) is 0 Å². The highest BCUT2D eigenvalue weighted by Crippen LogP contribution is 2.31. The summed E-state index contributed by atoms with van der Waals surface area (Å²) in [5.74, 6) is 0.00359. The van der Waals surface area contributed by atoms with E-state index >= 15 is 0 Å². The quantitative estimate of drug-likeness (QED) is 0.867. The summed E-state index contributed by atoms with van der Waals surface area (Å²) in [5.41, 5.74) is 6.94. The molecule has 2 rings (SSSR count). The Morgan fingerprint density at radius 3 is 2.56 bits per heavy atom. The van der Waals surface area contributed by atoms with Crippen molar-refractivity contribution < 1.29 is 14.6 Å². The number of ether oxygens (including phenoxy) is 1. The van der Waals surface area contributed by atoms with Gasteiger partial charge in [0.2, 0.25) is 0 Å². The lowest BCUT2D eigenvalue weighted by Gasteiger charge is -2.09. The SMILES string of the molecule is COc1ccc(-c2ccccc2O)cc1C(N)=O. The summed E-state index contributed by atoms with van der Waals surface area (Å²) < 4.78 is 5.06. The number of aromatic hydroxyl groups is 1. The minimum Gasteiger partial charge on any atom is -0.507 e. The smallest absolute Gasteiger partial charge is 0.252 e. The van der Waals surface area contributed by atoms with E-state index in [1.165, 1.54) is 7.11 Å². The van der Waals surface area contributed by atoms with Crippen molar-refractivity contribution in [1.82, 2.24) is 0 Å². The molecule has 0 saturated carbocycles. The van der Waals surface area contributed by atoms with E-state index in [1.54, 1.807) is 36.4 Å². The third-order valence-electron chi connectivity index (χ3n) is 2.68. The van der Waals surface area contributed by atoms with E-state index in [4.69, 9.17) is 10.5 Å². The predicted molar refractivity (Wildman–Crippen MR) is 68.6 cm³/mol. The van der Waals surface area contributed by atoms with Crippen molar-refractivity contribution in [3.05, 3.63) is 48.0 Å². The molecule has 18 heavy (non-hydrogen) atoms. The maximum atomic E-state index is 11.3. The van der Waals surface area contributed by atoms with Gasteiger partial charge in [-0.2, -0.15) is 0 Å². The molecule has 3 N–H and O–H groups in total. The Kier molecular flexibility index (Phi) is 3.19. The molecular formula is C14H13NO3. The van der Waals surface area contributed by atoms with E-state index in [0.29, 0.717) is 22.4 Å². The number of rotatable bonds is 3. The van der Waals surface area contributed by atoms with E-state index in [1.807, 2.05) is 6.07 Å². The standard InChI is InChI=1S/C14H13NO3/c1-18-13-7-6-9(8-11(13)14(15)17)10-4-2-3-5-12(10)16/h2-8,16H,1H3,(H2,15,17). The summed E-state index contributed by atoms with van der Waals surface area (Å²) >= 11 is 0. The number of amides is 1. The molecule has 92 valence electrons. The molecule has 0 spiro atoms. The van der Waals surface area contributed by atoms with Crippen molar-refractivity contribution in [2.45, 2.75) is 0 Å². The number of nitrogens with two attached hydrogens (primary N) is 1. The zero-order chi connectivity index (χ0) is 13.1. The number of para-hydroxylation sites is 1. The molecule has 0 aliphatic carbocycles. The van der Waals surface area contributed by atoms with Crippen LogP contribution in [0.2, 0.25) is 0 Å². The van der Waals surface area contributed by atoms with Gasteiger partial charge < -0.3 is 15.6 Å². The molecule has 2 aromatic carbocycles. The highest BCUT2D eigenvalue weighted by atomic mass is 16.5. The first kappa shape index (κ1) is 12.0. The lowest BCUT2D eigenvalue weighted by atomic mass is 10.0. The molecule has 0 bridgehead atoms. The van der Waals surface area contributed by atoms with Crippen LogP contribution in [0.4, 0.5) is 0 Å². The second-order valence-corrected chi connectivity index (χ2v) is 3.80. The van der Waals surface area contributed by atoms with Crippen LogP contribution in [0.15, 0.2) is 42.5 Å². The van der Waals surface area contributed by atoms with Crippen LogP contribution in [0.25, 0.3) is 11.1 Å². The van der Waals surface area contributed by atoms with Crippen LogP contribution >= 0.6 is 0 Å². The van der Waals surface area contributed by atoms with E-state index < -0.39 is 5.91 Å². The maximum Gasteiger partial charge on any atom is 0.252 e. The minimum absolute atomic E-state index is 0.151. The van der Waals surface area contributed by atoms with Crippen LogP contribution in [0.3, 0.4) is 0 Å². The molecule has 0 aromatic heterocycles. The van der Waals surface area contributed by atoms with Gasteiger partial charge in [0.05, 0.1) is 12.7 Å². The molecule has 0 saturated heterocycles. The van der Waals surface area contributed by atoms with Crippen molar-refractivity contribution in [2.75, 3.05) is 7.11 Å². The number of hydrogen-bond acceptors (Lipinski definition) is 3. The van der Waals surface area contributed by atoms with Gasteiger partial charge in [-0.05, 0) is 23.8 Å². The van der Waals surface area contributed by atoms with Gasteiger partial charge in [-0.1, -0.05) is 24.3 Å². The van der Waals surface area contributed by atoms with Crippen molar-refractivity contribution in [3.8, 4) is 22.6 Å². The first-order valence-electron chi connectivity index (χ1n) is 5.39. The van der Waals surface area contributed by atoms with E-state index in [-0.39, 0.29) is 5.75 Å². The summed E-state index contributed by atoms with van der Waals surface area (Å²) in [4.78, 5) is 11.3.